The van der Waals surface area contributed by atoms with Gasteiger partial charge in [0.25, 0.3) is 0 Å². The van der Waals surface area contributed by atoms with Crippen molar-refractivity contribution in [1.82, 2.24) is 0 Å². The molecule has 0 bridgehead atoms. The molecule has 1 N–H and O–H groups in total. The van der Waals surface area contributed by atoms with Crippen LogP contribution >= 0.6 is 0 Å². The highest BCUT2D eigenvalue weighted by Gasteiger charge is 2.44. The predicted molar refractivity (Wildman–Crippen MR) is 55.3 cm³/mol. The molecular weight excluding hydrogens is 254 g/mol. The van der Waals surface area contributed by atoms with Gasteiger partial charge in [0.15, 0.2) is 14.6 Å². The second-order valence-electron chi connectivity index (χ2n) is 3.89. The van der Waals surface area contributed by atoms with E-state index >= 15 is 0 Å². The molecule has 0 unspecified atom stereocenters. The fourth-order valence-corrected chi connectivity index (χ4v) is 2.43. The lowest BCUT2D eigenvalue weighted by atomic mass is 10.2. The first-order valence-electron chi connectivity index (χ1n) is 4.54. The van der Waals surface area contributed by atoms with Crippen LogP contribution in [0.2, 0.25) is 0 Å². The zero-order chi connectivity index (χ0) is 13.4. The maximum Gasteiger partial charge on any atom is 0.324 e. The Morgan fingerprint density at radius 3 is 2.24 bits per heavy atom. The Morgan fingerprint density at radius 2 is 1.82 bits per heavy atom. The van der Waals surface area contributed by atoms with Crippen molar-refractivity contribution >= 4 is 15.8 Å². The molecule has 0 aromatic heterocycles. The summed E-state index contributed by atoms with van der Waals surface area (Å²) >= 11 is 0. The van der Waals surface area contributed by atoms with Crippen molar-refractivity contribution in [2.24, 2.45) is 0 Å². The van der Waals surface area contributed by atoms with E-state index in [1.54, 1.807) is 0 Å². The standard InChI is InChI=1S/C10H10F2O4S/c1-10(2,9(13)14)17(15,16)8-4-3-6(11)5-7(8)12/h3-5H,1-2H3,(H,13,14). The van der Waals surface area contributed by atoms with Crippen LogP contribution in [0.3, 0.4) is 0 Å². The van der Waals surface area contributed by atoms with Crippen molar-refractivity contribution in [2.75, 3.05) is 0 Å². The summed E-state index contributed by atoms with van der Waals surface area (Å²) in [5.74, 6) is -3.85. The average molecular weight is 264 g/mol. The smallest absolute Gasteiger partial charge is 0.324 e. The molecule has 0 aliphatic rings. The van der Waals surface area contributed by atoms with Gasteiger partial charge in [-0.3, -0.25) is 4.79 Å². The van der Waals surface area contributed by atoms with E-state index in [-0.39, 0.29) is 0 Å². The molecule has 0 aliphatic carbocycles. The van der Waals surface area contributed by atoms with E-state index in [1.165, 1.54) is 0 Å². The van der Waals surface area contributed by atoms with Crippen molar-refractivity contribution in [3.05, 3.63) is 29.8 Å². The van der Waals surface area contributed by atoms with Crippen LogP contribution in [0.4, 0.5) is 8.78 Å². The molecule has 94 valence electrons. The van der Waals surface area contributed by atoms with E-state index in [9.17, 15) is 22.0 Å². The molecule has 0 radical (unpaired) electrons. The van der Waals surface area contributed by atoms with Gasteiger partial charge in [-0.05, 0) is 26.0 Å². The van der Waals surface area contributed by atoms with Gasteiger partial charge in [-0.15, -0.1) is 0 Å². The second-order valence-corrected chi connectivity index (χ2v) is 6.36. The molecule has 4 nitrogen and oxygen atoms in total. The third-order valence-corrected chi connectivity index (χ3v) is 4.80. The number of carboxylic acids is 1. The maximum absolute atomic E-state index is 13.3. The first kappa shape index (κ1) is 13.6. The highest BCUT2D eigenvalue weighted by atomic mass is 32.2. The second kappa shape index (κ2) is 4.06. The minimum absolute atomic E-state index is 0.394. The molecule has 0 amide bonds. The first-order chi connectivity index (χ1) is 7.60. The average Bonchev–Trinajstić information content (AvgIpc) is 2.16. The van der Waals surface area contributed by atoms with Crippen LogP contribution < -0.4 is 0 Å². The van der Waals surface area contributed by atoms with Crippen LogP contribution in [-0.2, 0) is 14.6 Å². The van der Waals surface area contributed by atoms with E-state index in [0.717, 1.165) is 19.9 Å². The Hall–Kier alpha value is -1.50. The van der Waals surface area contributed by atoms with Gasteiger partial charge in [0, 0.05) is 6.07 Å². The highest BCUT2D eigenvalue weighted by molar-refractivity contribution is 7.93. The molecular formula is C10H10F2O4S. The summed E-state index contributed by atoms with van der Waals surface area (Å²) < 4.78 is 47.5. The lowest BCUT2D eigenvalue weighted by Crippen LogP contribution is -2.40. The minimum Gasteiger partial charge on any atom is -0.480 e. The zero-order valence-electron chi connectivity index (χ0n) is 9.07. The number of halogens is 2. The molecule has 0 fully saturated rings. The Bertz CT molecular complexity index is 564. The topological polar surface area (TPSA) is 71.4 Å². The maximum atomic E-state index is 13.3. The van der Waals surface area contributed by atoms with Crippen molar-refractivity contribution in [1.29, 1.82) is 0 Å². The van der Waals surface area contributed by atoms with Crippen LogP contribution in [0.1, 0.15) is 13.8 Å². The summed E-state index contributed by atoms with van der Waals surface area (Å²) in [4.78, 5) is 10.0. The van der Waals surface area contributed by atoms with Crippen LogP contribution in [0.5, 0.6) is 0 Å². The fraction of sp³-hybridized carbons (Fsp3) is 0.300. The number of hydrogen-bond acceptors (Lipinski definition) is 3. The van der Waals surface area contributed by atoms with Gasteiger partial charge in [-0.1, -0.05) is 0 Å². The Balaban J connectivity index is 3.47. The molecule has 0 atom stereocenters. The normalized spacial score (nSPS) is 12.5. The van der Waals surface area contributed by atoms with E-state index < -0.39 is 37.1 Å². The summed E-state index contributed by atoms with van der Waals surface area (Å²) in [6.45, 7) is 1.88. The molecule has 1 rings (SSSR count). The quantitative estimate of drug-likeness (QED) is 0.842. The number of sulfone groups is 1. The van der Waals surface area contributed by atoms with Crippen molar-refractivity contribution in [2.45, 2.75) is 23.5 Å². The molecule has 0 heterocycles. The van der Waals surface area contributed by atoms with Gasteiger partial charge in [-0.25, -0.2) is 17.2 Å². The van der Waals surface area contributed by atoms with Crippen molar-refractivity contribution in [3.63, 3.8) is 0 Å². The predicted octanol–water partition coefficient (Wildman–Crippen LogP) is 1.60. The molecule has 1 aromatic carbocycles. The zero-order valence-corrected chi connectivity index (χ0v) is 9.88. The summed E-state index contributed by atoms with van der Waals surface area (Å²) in [6.07, 6.45) is 0. The van der Waals surface area contributed by atoms with Crippen LogP contribution in [0.25, 0.3) is 0 Å². The van der Waals surface area contributed by atoms with Gasteiger partial charge >= 0.3 is 5.97 Å². The Labute approximate surface area is 96.8 Å². The SMILES string of the molecule is CC(C)(C(=O)O)S(=O)(=O)c1ccc(F)cc1F. The van der Waals surface area contributed by atoms with Gasteiger partial charge in [0.05, 0.1) is 0 Å². The summed E-state index contributed by atoms with van der Waals surface area (Å²) in [7, 11) is -4.43. The first-order valence-corrected chi connectivity index (χ1v) is 6.02. The minimum atomic E-state index is -4.43. The van der Waals surface area contributed by atoms with E-state index in [2.05, 4.69) is 0 Å². The van der Waals surface area contributed by atoms with Crippen LogP contribution in [-0.4, -0.2) is 24.2 Å². The molecule has 0 saturated carbocycles. The van der Waals surface area contributed by atoms with E-state index in [0.29, 0.717) is 12.1 Å². The number of benzene rings is 1. The van der Waals surface area contributed by atoms with Gasteiger partial charge in [0.1, 0.15) is 16.5 Å². The van der Waals surface area contributed by atoms with E-state index in [4.69, 9.17) is 5.11 Å². The third-order valence-electron chi connectivity index (χ3n) is 2.37. The Kier molecular flexibility index (Phi) is 3.24. The monoisotopic (exact) mass is 264 g/mol. The molecule has 17 heavy (non-hydrogen) atoms. The van der Waals surface area contributed by atoms with Gasteiger partial charge in [-0.2, -0.15) is 0 Å². The fourth-order valence-electron chi connectivity index (χ4n) is 1.08. The summed E-state index contributed by atoms with van der Waals surface area (Å²) in [5.41, 5.74) is 0. The number of rotatable bonds is 3. The van der Waals surface area contributed by atoms with Crippen molar-refractivity contribution in [3.8, 4) is 0 Å². The number of carboxylic acid groups (broad SMARTS) is 1. The molecule has 0 saturated heterocycles. The van der Waals surface area contributed by atoms with Gasteiger partial charge in [0.2, 0.25) is 0 Å². The number of carbonyl (C=O) groups is 1. The summed E-state index contributed by atoms with van der Waals surface area (Å²) in [5, 5.41) is 8.81. The van der Waals surface area contributed by atoms with Gasteiger partial charge < -0.3 is 5.11 Å². The molecule has 0 aliphatic heterocycles. The van der Waals surface area contributed by atoms with Crippen LogP contribution in [0.15, 0.2) is 23.1 Å². The Morgan fingerprint density at radius 1 is 1.29 bits per heavy atom. The number of hydrogen-bond donors (Lipinski definition) is 1. The third kappa shape index (κ3) is 2.14. The molecule has 7 heteroatoms. The van der Waals surface area contributed by atoms with Crippen molar-refractivity contribution < 1.29 is 27.1 Å². The molecule has 1 aromatic rings. The largest absolute Gasteiger partial charge is 0.480 e. The highest BCUT2D eigenvalue weighted by Crippen LogP contribution is 2.27. The lowest BCUT2D eigenvalue weighted by molar-refractivity contribution is -0.139. The van der Waals surface area contributed by atoms with E-state index in [1.807, 2.05) is 0 Å². The number of aliphatic carboxylic acids is 1. The summed E-state index contributed by atoms with van der Waals surface area (Å²) in [6, 6.07) is 1.86. The molecule has 0 spiro atoms. The van der Waals surface area contributed by atoms with Crippen LogP contribution in [0, 0.1) is 11.6 Å². The lowest BCUT2D eigenvalue weighted by Gasteiger charge is -2.19.